The predicted octanol–water partition coefficient (Wildman–Crippen LogP) is 2.07. The van der Waals surface area contributed by atoms with Gasteiger partial charge in [-0.15, -0.1) is 12.4 Å². The molecular formula is C11H19ClN2. The summed E-state index contributed by atoms with van der Waals surface area (Å²) in [5, 5.41) is 0. The maximum absolute atomic E-state index is 5.96. The maximum atomic E-state index is 5.96. The van der Waals surface area contributed by atoms with Crippen LogP contribution in [0.25, 0.3) is 0 Å². The Balaban J connectivity index is 0.00000169. The number of rotatable bonds is 3. The van der Waals surface area contributed by atoms with E-state index in [0.717, 1.165) is 6.42 Å². The van der Waals surface area contributed by atoms with Gasteiger partial charge in [0.1, 0.15) is 0 Å². The average Bonchev–Trinajstić information content (AvgIpc) is 2.03. The number of hydrogen-bond acceptors (Lipinski definition) is 2. The quantitative estimate of drug-likeness (QED) is 0.810. The van der Waals surface area contributed by atoms with Crippen LogP contribution in [0.1, 0.15) is 29.2 Å². The maximum Gasteiger partial charge on any atom is 0.0307 e. The van der Waals surface area contributed by atoms with Crippen molar-refractivity contribution in [2.75, 3.05) is 6.54 Å². The summed E-state index contributed by atoms with van der Waals surface area (Å²) < 4.78 is 0. The van der Waals surface area contributed by atoms with Crippen LogP contribution in [0, 0.1) is 13.8 Å². The second-order valence-electron chi connectivity index (χ2n) is 3.60. The second kappa shape index (κ2) is 6.02. The monoisotopic (exact) mass is 214 g/mol. The molecule has 80 valence electrons. The largest absolute Gasteiger partial charge is 0.330 e. The topological polar surface area (TPSA) is 52.0 Å². The summed E-state index contributed by atoms with van der Waals surface area (Å²) in [4.78, 5) is 0. The minimum absolute atomic E-state index is 0. The van der Waals surface area contributed by atoms with Crippen LogP contribution in [0.3, 0.4) is 0 Å². The van der Waals surface area contributed by atoms with Gasteiger partial charge in [-0.1, -0.05) is 29.3 Å². The summed E-state index contributed by atoms with van der Waals surface area (Å²) >= 11 is 0. The Kier molecular flexibility index (Phi) is 5.77. The molecule has 0 aliphatic carbocycles. The third-order valence-corrected chi connectivity index (χ3v) is 2.15. The summed E-state index contributed by atoms with van der Waals surface area (Å²) in [6.45, 7) is 4.82. The highest BCUT2D eigenvalue weighted by molar-refractivity contribution is 5.85. The van der Waals surface area contributed by atoms with E-state index < -0.39 is 0 Å². The van der Waals surface area contributed by atoms with Gasteiger partial charge in [-0.3, -0.25) is 0 Å². The van der Waals surface area contributed by atoms with Gasteiger partial charge in [-0.05, 0) is 32.4 Å². The van der Waals surface area contributed by atoms with Gasteiger partial charge in [0.05, 0.1) is 0 Å². The fraction of sp³-hybridized carbons (Fsp3) is 0.455. The van der Waals surface area contributed by atoms with Crippen LogP contribution in [0.15, 0.2) is 18.2 Å². The van der Waals surface area contributed by atoms with Gasteiger partial charge in [0.2, 0.25) is 0 Å². The van der Waals surface area contributed by atoms with Crippen molar-refractivity contribution in [1.82, 2.24) is 0 Å². The van der Waals surface area contributed by atoms with Gasteiger partial charge in [-0.2, -0.15) is 0 Å². The summed E-state index contributed by atoms with van der Waals surface area (Å²) in [7, 11) is 0. The third-order valence-electron chi connectivity index (χ3n) is 2.15. The predicted molar refractivity (Wildman–Crippen MR) is 63.8 cm³/mol. The van der Waals surface area contributed by atoms with Crippen molar-refractivity contribution >= 4 is 12.4 Å². The second-order valence-corrected chi connectivity index (χ2v) is 3.60. The molecule has 0 heterocycles. The molecule has 0 saturated carbocycles. The first-order valence-corrected chi connectivity index (χ1v) is 4.67. The molecule has 4 N–H and O–H groups in total. The number of benzene rings is 1. The molecule has 0 radical (unpaired) electrons. The standard InChI is InChI=1S/C11H18N2.ClH/c1-8-5-9(2)7-10(6-8)11(13)3-4-12;/h5-7,11H,3-4,12-13H2,1-2H3;1H/t11-;/m0./s1. The van der Waals surface area contributed by atoms with E-state index in [0.29, 0.717) is 6.54 Å². The Morgan fingerprint density at radius 3 is 2.07 bits per heavy atom. The molecule has 0 saturated heterocycles. The smallest absolute Gasteiger partial charge is 0.0307 e. The zero-order valence-electron chi connectivity index (χ0n) is 8.79. The Morgan fingerprint density at radius 1 is 1.14 bits per heavy atom. The Hall–Kier alpha value is -0.570. The van der Waals surface area contributed by atoms with Crippen LogP contribution < -0.4 is 11.5 Å². The molecule has 2 nitrogen and oxygen atoms in total. The summed E-state index contributed by atoms with van der Waals surface area (Å²) in [6.07, 6.45) is 0.850. The van der Waals surface area contributed by atoms with E-state index in [-0.39, 0.29) is 18.4 Å². The molecule has 1 aromatic carbocycles. The first-order chi connectivity index (χ1) is 6.13. The Morgan fingerprint density at radius 2 is 1.64 bits per heavy atom. The van der Waals surface area contributed by atoms with E-state index in [1.54, 1.807) is 0 Å². The van der Waals surface area contributed by atoms with E-state index in [2.05, 4.69) is 32.0 Å². The van der Waals surface area contributed by atoms with Crippen LogP contribution in [-0.2, 0) is 0 Å². The minimum Gasteiger partial charge on any atom is -0.330 e. The molecule has 1 rings (SSSR count). The zero-order valence-corrected chi connectivity index (χ0v) is 9.60. The lowest BCUT2D eigenvalue weighted by molar-refractivity contribution is 0.660. The Labute approximate surface area is 92.1 Å². The summed E-state index contributed by atoms with van der Waals surface area (Å²) in [5.74, 6) is 0. The lowest BCUT2D eigenvalue weighted by Gasteiger charge is -2.12. The molecule has 0 fully saturated rings. The van der Waals surface area contributed by atoms with Crippen molar-refractivity contribution in [2.45, 2.75) is 26.3 Å². The molecule has 0 aliphatic heterocycles. The molecule has 0 aliphatic rings. The van der Waals surface area contributed by atoms with Crippen LogP contribution in [0.5, 0.6) is 0 Å². The van der Waals surface area contributed by atoms with Gasteiger partial charge in [0.25, 0.3) is 0 Å². The summed E-state index contributed by atoms with van der Waals surface area (Å²) in [6, 6.07) is 6.50. The van der Waals surface area contributed by atoms with Crippen molar-refractivity contribution < 1.29 is 0 Å². The highest BCUT2D eigenvalue weighted by Crippen LogP contribution is 2.16. The van der Waals surface area contributed by atoms with Gasteiger partial charge < -0.3 is 11.5 Å². The van der Waals surface area contributed by atoms with Crippen molar-refractivity contribution in [2.24, 2.45) is 11.5 Å². The molecule has 0 spiro atoms. The lowest BCUT2D eigenvalue weighted by atomic mass is 10.00. The normalized spacial score (nSPS) is 12.0. The molecule has 0 unspecified atom stereocenters. The molecule has 1 atom stereocenters. The zero-order chi connectivity index (χ0) is 9.84. The van der Waals surface area contributed by atoms with Gasteiger partial charge >= 0.3 is 0 Å². The van der Waals surface area contributed by atoms with E-state index in [4.69, 9.17) is 11.5 Å². The van der Waals surface area contributed by atoms with Crippen molar-refractivity contribution in [3.8, 4) is 0 Å². The van der Waals surface area contributed by atoms with E-state index in [1.807, 2.05) is 0 Å². The first kappa shape index (κ1) is 13.4. The van der Waals surface area contributed by atoms with Gasteiger partial charge in [0, 0.05) is 6.04 Å². The number of aryl methyl sites for hydroxylation is 2. The highest BCUT2D eigenvalue weighted by Gasteiger charge is 2.05. The minimum atomic E-state index is 0. The molecule has 1 aromatic rings. The van der Waals surface area contributed by atoms with Crippen LogP contribution in [0.2, 0.25) is 0 Å². The number of halogens is 1. The van der Waals surface area contributed by atoms with Crippen LogP contribution in [0.4, 0.5) is 0 Å². The van der Waals surface area contributed by atoms with Crippen LogP contribution >= 0.6 is 12.4 Å². The highest BCUT2D eigenvalue weighted by atomic mass is 35.5. The van der Waals surface area contributed by atoms with Crippen molar-refractivity contribution in [3.63, 3.8) is 0 Å². The fourth-order valence-electron chi connectivity index (χ4n) is 1.57. The fourth-order valence-corrected chi connectivity index (χ4v) is 1.57. The average molecular weight is 215 g/mol. The molecule has 3 heteroatoms. The van der Waals surface area contributed by atoms with E-state index in [9.17, 15) is 0 Å². The first-order valence-electron chi connectivity index (χ1n) is 4.67. The molecule has 0 amide bonds. The SMILES string of the molecule is Cc1cc(C)cc([C@@H](N)CCN)c1.Cl. The van der Waals surface area contributed by atoms with Gasteiger partial charge in [-0.25, -0.2) is 0 Å². The van der Waals surface area contributed by atoms with Gasteiger partial charge in [0.15, 0.2) is 0 Å². The number of nitrogens with two attached hydrogens (primary N) is 2. The lowest BCUT2D eigenvalue weighted by Crippen LogP contribution is -2.15. The van der Waals surface area contributed by atoms with Crippen molar-refractivity contribution in [1.29, 1.82) is 0 Å². The molecular weight excluding hydrogens is 196 g/mol. The molecule has 14 heavy (non-hydrogen) atoms. The molecule has 0 aromatic heterocycles. The number of hydrogen-bond donors (Lipinski definition) is 2. The van der Waals surface area contributed by atoms with Crippen molar-refractivity contribution in [3.05, 3.63) is 34.9 Å². The Bertz CT molecular complexity index is 266. The molecule has 0 bridgehead atoms. The third kappa shape index (κ3) is 3.66. The van der Waals surface area contributed by atoms with E-state index in [1.165, 1.54) is 16.7 Å². The van der Waals surface area contributed by atoms with Crippen LogP contribution in [-0.4, -0.2) is 6.54 Å². The van der Waals surface area contributed by atoms with E-state index >= 15 is 0 Å². The summed E-state index contributed by atoms with van der Waals surface area (Å²) in [5.41, 5.74) is 15.2.